The van der Waals surface area contributed by atoms with Gasteiger partial charge in [0.25, 0.3) is 0 Å². The Bertz CT molecular complexity index is 1250. The number of nitriles is 1. The average Bonchev–Trinajstić information content (AvgIpc) is 2.79. The van der Waals surface area contributed by atoms with Crippen molar-refractivity contribution in [3.63, 3.8) is 0 Å². The number of nitrogens with zero attached hydrogens (tertiary/aromatic N) is 3. The summed E-state index contributed by atoms with van der Waals surface area (Å²) >= 11 is 0. The third-order valence-corrected chi connectivity index (χ3v) is 5.99. The van der Waals surface area contributed by atoms with Crippen molar-refractivity contribution in [3.8, 4) is 17.2 Å². The van der Waals surface area contributed by atoms with Crippen LogP contribution in [0, 0.1) is 11.3 Å². The number of aromatic nitrogens is 1. The van der Waals surface area contributed by atoms with Crippen molar-refractivity contribution in [1.29, 1.82) is 5.26 Å². The number of pyridine rings is 1. The van der Waals surface area contributed by atoms with Crippen LogP contribution in [0.1, 0.15) is 30.5 Å². The van der Waals surface area contributed by atoms with Crippen LogP contribution in [0.2, 0.25) is 0 Å². The van der Waals surface area contributed by atoms with Gasteiger partial charge in [0, 0.05) is 29.1 Å². The maximum Gasteiger partial charge on any atom is 0.101 e. The van der Waals surface area contributed by atoms with Crippen molar-refractivity contribution in [2.24, 2.45) is 0 Å². The zero-order valence-corrected chi connectivity index (χ0v) is 17.0. The van der Waals surface area contributed by atoms with E-state index in [1.807, 2.05) is 12.1 Å². The van der Waals surface area contributed by atoms with Crippen molar-refractivity contribution < 1.29 is 0 Å². The highest BCUT2D eigenvalue weighted by Crippen LogP contribution is 2.51. The Morgan fingerprint density at radius 1 is 0.833 bits per heavy atom. The van der Waals surface area contributed by atoms with Crippen LogP contribution in [0.4, 0.5) is 17.1 Å². The molecule has 0 radical (unpaired) electrons. The summed E-state index contributed by atoms with van der Waals surface area (Å²) in [6.07, 6.45) is 3.35. The molecular formula is C27H21N3. The van der Waals surface area contributed by atoms with Gasteiger partial charge in [0.1, 0.15) is 6.07 Å². The first kappa shape index (κ1) is 18.1. The summed E-state index contributed by atoms with van der Waals surface area (Å²) in [5, 5.41) is 9.52. The standard InChI is InChI=1S/C27H21N3/c1-27(2)23-10-3-5-12-25(23)30(26-13-6-4-11-24(26)27)21-9-7-8-19(16-21)22-14-15-29-18-20(22)17-28/h3-16,18H,1-2H3. The van der Waals surface area contributed by atoms with E-state index in [0.29, 0.717) is 5.56 Å². The minimum Gasteiger partial charge on any atom is -0.310 e. The number of rotatable bonds is 2. The summed E-state index contributed by atoms with van der Waals surface area (Å²) < 4.78 is 0. The van der Waals surface area contributed by atoms with E-state index < -0.39 is 0 Å². The molecule has 4 aromatic rings. The normalized spacial score (nSPS) is 13.8. The molecule has 1 aliphatic heterocycles. The number of hydrogen-bond acceptors (Lipinski definition) is 3. The second kappa shape index (κ2) is 6.86. The Kier molecular flexibility index (Phi) is 4.15. The molecule has 0 saturated carbocycles. The van der Waals surface area contributed by atoms with E-state index in [0.717, 1.165) is 16.8 Å². The molecule has 3 heteroatoms. The zero-order valence-electron chi connectivity index (χ0n) is 17.0. The summed E-state index contributed by atoms with van der Waals surface area (Å²) in [5.41, 5.74) is 8.45. The van der Waals surface area contributed by atoms with Crippen LogP contribution in [0.25, 0.3) is 11.1 Å². The molecule has 3 nitrogen and oxygen atoms in total. The van der Waals surface area contributed by atoms with E-state index in [1.165, 1.54) is 22.5 Å². The number of hydrogen-bond donors (Lipinski definition) is 0. The Balaban J connectivity index is 1.74. The third-order valence-electron chi connectivity index (χ3n) is 5.99. The van der Waals surface area contributed by atoms with Crippen LogP contribution >= 0.6 is 0 Å². The summed E-state index contributed by atoms with van der Waals surface area (Å²) in [6.45, 7) is 4.57. The van der Waals surface area contributed by atoms with Gasteiger partial charge in [-0.2, -0.15) is 5.26 Å². The number of anilines is 3. The highest BCUT2D eigenvalue weighted by molar-refractivity contribution is 5.87. The second-order valence-electron chi connectivity index (χ2n) is 8.08. The second-order valence-corrected chi connectivity index (χ2v) is 8.08. The zero-order chi connectivity index (χ0) is 20.7. The molecule has 0 spiro atoms. The minimum atomic E-state index is -0.0830. The summed E-state index contributed by atoms with van der Waals surface area (Å²) in [7, 11) is 0. The fourth-order valence-corrected chi connectivity index (χ4v) is 4.50. The predicted molar refractivity (Wildman–Crippen MR) is 121 cm³/mol. The van der Waals surface area contributed by atoms with E-state index in [2.05, 4.69) is 96.5 Å². The van der Waals surface area contributed by atoms with E-state index >= 15 is 0 Å². The quantitative estimate of drug-likeness (QED) is 0.383. The first-order chi connectivity index (χ1) is 14.6. The van der Waals surface area contributed by atoms with Gasteiger partial charge in [-0.3, -0.25) is 4.98 Å². The molecule has 30 heavy (non-hydrogen) atoms. The van der Waals surface area contributed by atoms with Crippen LogP contribution in [-0.2, 0) is 5.41 Å². The molecule has 0 fully saturated rings. The number of fused-ring (bicyclic) bond motifs is 2. The average molecular weight is 387 g/mol. The topological polar surface area (TPSA) is 39.9 Å². The number of benzene rings is 3. The first-order valence-electron chi connectivity index (χ1n) is 10.0. The molecule has 5 rings (SSSR count). The van der Waals surface area contributed by atoms with Crippen molar-refractivity contribution >= 4 is 17.1 Å². The van der Waals surface area contributed by atoms with Gasteiger partial charge in [-0.1, -0.05) is 62.4 Å². The lowest BCUT2D eigenvalue weighted by Gasteiger charge is -2.42. The Labute approximate surface area is 176 Å². The van der Waals surface area contributed by atoms with E-state index in [4.69, 9.17) is 0 Å². The van der Waals surface area contributed by atoms with E-state index in [-0.39, 0.29) is 5.41 Å². The monoisotopic (exact) mass is 387 g/mol. The molecule has 1 aromatic heterocycles. The molecule has 0 atom stereocenters. The molecule has 3 aromatic carbocycles. The molecule has 0 unspecified atom stereocenters. The van der Waals surface area contributed by atoms with Crippen molar-refractivity contribution in [2.75, 3.05) is 4.90 Å². The van der Waals surface area contributed by atoms with Crippen LogP contribution in [0.3, 0.4) is 0 Å². The minimum absolute atomic E-state index is 0.0830. The lowest BCUT2D eigenvalue weighted by atomic mass is 9.73. The highest BCUT2D eigenvalue weighted by atomic mass is 15.2. The molecule has 0 bridgehead atoms. The fourth-order valence-electron chi connectivity index (χ4n) is 4.50. The van der Waals surface area contributed by atoms with Crippen molar-refractivity contribution in [2.45, 2.75) is 19.3 Å². The molecule has 144 valence electrons. The summed E-state index contributed by atoms with van der Waals surface area (Å²) in [4.78, 5) is 6.42. The highest BCUT2D eigenvalue weighted by Gasteiger charge is 2.36. The molecule has 2 heterocycles. The lowest BCUT2D eigenvalue weighted by molar-refractivity contribution is 0.632. The lowest BCUT2D eigenvalue weighted by Crippen LogP contribution is -2.30. The maximum atomic E-state index is 9.52. The molecule has 0 aliphatic carbocycles. The first-order valence-corrected chi connectivity index (χ1v) is 10.0. The van der Waals surface area contributed by atoms with E-state index in [1.54, 1.807) is 12.4 Å². The smallest absolute Gasteiger partial charge is 0.101 e. The Morgan fingerprint density at radius 3 is 2.17 bits per heavy atom. The predicted octanol–water partition coefficient (Wildman–Crippen LogP) is 6.73. The Morgan fingerprint density at radius 2 is 1.50 bits per heavy atom. The van der Waals surface area contributed by atoms with Gasteiger partial charge in [-0.25, -0.2) is 0 Å². The maximum absolute atomic E-state index is 9.52. The fraction of sp³-hybridized carbons (Fsp3) is 0.111. The van der Waals surface area contributed by atoms with E-state index in [9.17, 15) is 5.26 Å². The molecule has 0 N–H and O–H groups in total. The molecule has 0 amide bonds. The van der Waals surface area contributed by atoms with Gasteiger partial charge in [-0.05, 0) is 47.0 Å². The van der Waals surface area contributed by atoms with Gasteiger partial charge >= 0.3 is 0 Å². The molecular weight excluding hydrogens is 366 g/mol. The number of para-hydroxylation sites is 2. The largest absolute Gasteiger partial charge is 0.310 e. The van der Waals surface area contributed by atoms with Crippen molar-refractivity contribution in [3.05, 3.63) is 108 Å². The van der Waals surface area contributed by atoms with Gasteiger partial charge in [0.05, 0.1) is 16.9 Å². The van der Waals surface area contributed by atoms with Gasteiger partial charge in [0.15, 0.2) is 0 Å². The van der Waals surface area contributed by atoms with Gasteiger partial charge in [-0.15, -0.1) is 0 Å². The third kappa shape index (κ3) is 2.69. The van der Waals surface area contributed by atoms with Gasteiger partial charge < -0.3 is 4.90 Å². The van der Waals surface area contributed by atoms with Crippen LogP contribution < -0.4 is 4.90 Å². The van der Waals surface area contributed by atoms with Crippen molar-refractivity contribution in [1.82, 2.24) is 4.98 Å². The molecule has 1 aliphatic rings. The molecule has 0 saturated heterocycles. The summed E-state index contributed by atoms with van der Waals surface area (Å²) in [6, 6.07) is 29.8. The van der Waals surface area contributed by atoms with Crippen LogP contribution in [0.5, 0.6) is 0 Å². The summed E-state index contributed by atoms with van der Waals surface area (Å²) in [5.74, 6) is 0. The Hall–Kier alpha value is -3.90. The van der Waals surface area contributed by atoms with Crippen LogP contribution in [0.15, 0.2) is 91.3 Å². The van der Waals surface area contributed by atoms with Crippen LogP contribution in [-0.4, -0.2) is 4.98 Å². The SMILES string of the molecule is CC1(C)c2ccccc2N(c2cccc(-c3ccncc3C#N)c2)c2ccccc21. The van der Waals surface area contributed by atoms with Gasteiger partial charge in [0.2, 0.25) is 0 Å².